The Bertz CT molecular complexity index is 418. The van der Waals surface area contributed by atoms with Gasteiger partial charge in [0, 0.05) is 12.6 Å². The smallest absolute Gasteiger partial charge is 0.255 e. The van der Waals surface area contributed by atoms with Crippen molar-refractivity contribution in [2.45, 2.75) is 45.4 Å². The fourth-order valence-electron chi connectivity index (χ4n) is 2.03. The van der Waals surface area contributed by atoms with Crippen molar-refractivity contribution < 1.29 is 14.6 Å². The number of carbonyl (C=O) groups excluding carboxylic acids is 1. The average molecular weight is 279 g/mol. The first-order valence-corrected chi connectivity index (χ1v) is 7.34. The predicted octanol–water partition coefficient (Wildman–Crippen LogP) is 3.49. The molecule has 0 radical (unpaired) electrons. The van der Waals surface area contributed by atoms with Crippen molar-refractivity contribution in [2.24, 2.45) is 0 Å². The van der Waals surface area contributed by atoms with Gasteiger partial charge < -0.3 is 15.2 Å². The Morgan fingerprint density at radius 1 is 1.20 bits per heavy atom. The molecule has 1 aromatic carbocycles. The van der Waals surface area contributed by atoms with Crippen LogP contribution in [-0.2, 0) is 0 Å². The summed E-state index contributed by atoms with van der Waals surface area (Å²) in [5.41, 5.74) is 0.289. The number of hydrogen-bond donors (Lipinski definition) is 2. The molecule has 0 fully saturated rings. The van der Waals surface area contributed by atoms with Gasteiger partial charge in [-0.05, 0) is 18.6 Å². The third-order valence-electron chi connectivity index (χ3n) is 3.27. The van der Waals surface area contributed by atoms with Crippen molar-refractivity contribution in [1.82, 2.24) is 5.32 Å². The first-order chi connectivity index (χ1) is 9.69. The zero-order chi connectivity index (χ0) is 14.8. The van der Waals surface area contributed by atoms with Crippen LogP contribution in [0, 0.1) is 0 Å². The lowest BCUT2D eigenvalue weighted by Gasteiger charge is -2.08. The molecule has 1 amide bonds. The molecule has 0 unspecified atom stereocenters. The predicted molar refractivity (Wildman–Crippen MR) is 80.4 cm³/mol. The van der Waals surface area contributed by atoms with E-state index in [-0.39, 0.29) is 17.2 Å². The van der Waals surface area contributed by atoms with Crippen LogP contribution in [0.15, 0.2) is 18.2 Å². The monoisotopic (exact) mass is 279 g/mol. The first kappa shape index (κ1) is 16.3. The Morgan fingerprint density at radius 3 is 2.55 bits per heavy atom. The van der Waals surface area contributed by atoms with Crippen LogP contribution in [0.1, 0.15) is 55.8 Å². The average Bonchev–Trinajstić information content (AvgIpc) is 2.45. The minimum Gasteiger partial charge on any atom is -0.507 e. The number of benzene rings is 1. The van der Waals surface area contributed by atoms with Crippen LogP contribution in [0.4, 0.5) is 0 Å². The number of hydrogen-bond acceptors (Lipinski definition) is 3. The highest BCUT2D eigenvalue weighted by Gasteiger charge is 2.11. The Hall–Kier alpha value is -1.71. The summed E-state index contributed by atoms with van der Waals surface area (Å²) in [7, 11) is 1.52. The first-order valence-electron chi connectivity index (χ1n) is 7.34. The van der Waals surface area contributed by atoms with Gasteiger partial charge in [0.15, 0.2) is 0 Å². The van der Waals surface area contributed by atoms with Gasteiger partial charge >= 0.3 is 0 Å². The van der Waals surface area contributed by atoms with Crippen molar-refractivity contribution in [3.63, 3.8) is 0 Å². The van der Waals surface area contributed by atoms with E-state index in [0.717, 1.165) is 12.8 Å². The van der Waals surface area contributed by atoms with E-state index in [1.807, 2.05) is 0 Å². The molecule has 1 rings (SSSR count). The molecule has 0 aliphatic heterocycles. The lowest BCUT2D eigenvalue weighted by molar-refractivity contribution is 0.0950. The number of phenols is 1. The Morgan fingerprint density at radius 2 is 1.90 bits per heavy atom. The zero-order valence-electron chi connectivity index (χ0n) is 12.4. The van der Waals surface area contributed by atoms with Gasteiger partial charge in [-0.3, -0.25) is 4.79 Å². The molecule has 0 saturated carbocycles. The topological polar surface area (TPSA) is 58.6 Å². The van der Waals surface area contributed by atoms with E-state index in [0.29, 0.717) is 12.3 Å². The van der Waals surface area contributed by atoms with E-state index < -0.39 is 0 Å². The van der Waals surface area contributed by atoms with E-state index in [2.05, 4.69) is 12.2 Å². The van der Waals surface area contributed by atoms with E-state index in [1.54, 1.807) is 12.1 Å². The van der Waals surface area contributed by atoms with Gasteiger partial charge in [-0.15, -0.1) is 0 Å². The second-order valence-corrected chi connectivity index (χ2v) is 4.91. The quantitative estimate of drug-likeness (QED) is 0.680. The lowest BCUT2D eigenvalue weighted by atomic mass is 10.1. The van der Waals surface area contributed by atoms with Crippen molar-refractivity contribution in [1.29, 1.82) is 0 Å². The van der Waals surface area contributed by atoms with Gasteiger partial charge in [0.25, 0.3) is 5.91 Å². The fourth-order valence-corrected chi connectivity index (χ4v) is 2.03. The van der Waals surface area contributed by atoms with Gasteiger partial charge in [-0.25, -0.2) is 0 Å². The minimum atomic E-state index is -0.237. The molecular weight excluding hydrogens is 254 g/mol. The number of methoxy groups -OCH3 is 1. The molecule has 0 spiro atoms. The van der Waals surface area contributed by atoms with Crippen LogP contribution in [0.5, 0.6) is 11.5 Å². The zero-order valence-corrected chi connectivity index (χ0v) is 12.4. The van der Waals surface area contributed by atoms with E-state index >= 15 is 0 Å². The molecule has 4 nitrogen and oxygen atoms in total. The Labute approximate surface area is 121 Å². The van der Waals surface area contributed by atoms with Gasteiger partial charge in [0.05, 0.1) is 12.7 Å². The normalized spacial score (nSPS) is 10.3. The summed E-state index contributed by atoms with van der Waals surface area (Å²) >= 11 is 0. The highest BCUT2D eigenvalue weighted by molar-refractivity contribution is 5.96. The van der Waals surface area contributed by atoms with Crippen molar-refractivity contribution >= 4 is 5.91 Å². The maximum atomic E-state index is 11.9. The van der Waals surface area contributed by atoms with E-state index in [1.165, 1.54) is 38.9 Å². The third kappa shape index (κ3) is 5.51. The molecule has 2 N–H and O–H groups in total. The summed E-state index contributed by atoms with van der Waals surface area (Å²) in [4.78, 5) is 11.9. The number of nitrogens with one attached hydrogen (secondary N) is 1. The molecule has 0 aliphatic rings. The summed E-state index contributed by atoms with van der Waals surface area (Å²) in [5, 5.41) is 12.6. The molecule has 0 aromatic heterocycles. The molecule has 0 bridgehead atoms. The van der Waals surface area contributed by atoms with E-state index in [4.69, 9.17) is 4.74 Å². The van der Waals surface area contributed by atoms with E-state index in [9.17, 15) is 9.90 Å². The van der Waals surface area contributed by atoms with Crippen LogP contribution < -0.4 is 10.1 Å². The largest absolute Gasteiger partial charge is 0.507 e. The number of carbonyl (C=O) groups is 1. The summed E-state index contributed by atoms with van der Waals surface area (Å²) in [6.45, 7) is 2.85. The SMILES string of the molecule is CCCCCCCCNC(=O)c1ccc(OC)cc1O. The summed E-state index contributed by atoms with van der Waals surface area (Å²) in [5.74, 6) is 0.249. The number of unbranched alkanes of at least 4 members (excludes halogenated alkanes) is 5. The molecule has 0 heterocycles. The van der Waals surface area contributed by atoms with Gasteiger partial charge in [-0.2, -0.15) is 0 Å². The minimum absolute atomic E-state index is 0.0511. The molecule has 0 aliphatic carbocycles. The molecular formula is C16H25NO3. The maximum absolute atomic E-state index is 11.9. The van der Waals surface area contributed by atoms with Gasteiger partial charge in [-0.1, -0.05) is 39.0 Å². The van der Waals surface area contributed by atoms with Crippen LogP contribution in [0.25, 0.3) is 0 Å². The van der Waals surface area contributed by atoms with Crippen LogP contribution in [-0.4, -0.2) is 24.7 Å². The van der Waals surface area contributed by atoms with Crippen LogP contribution >= 0.6 is 0 Å². The number of phenolic OH excluding ortho intramolecular Hbond substituents is 1. The number of rotatable bonds is 9. The van der Waals surface area contributed by atoms with Crippen molar-refractivity contribution in [2.75, 3.05) is 13.7 Å². The third-order valence-corrected chi connectivity index (χ3v) is 3.27. The Kier molecular flexibility index (Phi) is 7.55. The highest BCUT2D eigenvalue weighted by atomic mass is 16.5. The van der Waals surface area contributed by atoms with Gasteiger partial charge in [0.2, 0.25) is 0 Å². The number of aromatic hydroxyl groups is 1. The summed E-state index contributed by atoms with van der Waals surface area (Å²) in [6, 6.07) is 4.68. The Balaban J connectivity index is 2.29. The van der Waals surface area contributed by atoms with Crippen molar-refractivity contribution in [3.05, 3.63) is 23.8 Å². The number of amides is 1. The standard InChI is InChI=1S/C16H25NO3/c1-3-4-5-6-7-8-11-17-16(19)14-10-9-13(20-2)12-15(14)18/h9-10,12,18H,3-8,11H2,1-2H3,(H,17,19). The lowest BCUT2D eigenvalue weighted by Crippen LogP contribution is -2.24. The van der Waals surface area contributed by atoms with Crippen LogP contribution in [0.3, 0.4) is 0 Å². The summed E-state index contributed by atoms with van der Waals surface area (Å²) in [6.07, 6.45) is 7.13. The second-order valence-electron chi connectivity index (χ2n) is 4.91. The van der Waals surface area contributed by atoms with Gasteiger partial charge in [0.1, 0.15) is 11.5 Å². The summed E-state index contributed by atoms with van der Waals surface area (Å²) < 4.78 is 4.98. The van der Waals surface area contributed by atoms with Crippen LogP contribution in [0.2, 0.25) is 0 Å². The molecule has 112 valence electrons. The molecule has 4 heteroatoms. The maximum Gasteiger partial charge on any atom is 0.255 e. The second kappa shape index (κ2) is 9.23. The highest BCUT2D eigenvalue weighted by Crippen LogP contribution is 2.23. The molecule has 20 heavy (non-hydrogen) atoms. The fraction of sp³-hybridized carbons (Fsp3) is 0.562. The molecule has 0 atom stereocenters. The molecule has 1 aromatic rings. The van der Waals surface area contributed by atoms with Crippen molar-refractivity contribution in [3.8, 4) is 11.5 Å². The number of ether oxygens (including phenoxy) is 1. The molecule has 0 saturated heterocycles.